The van der Waals surface area contributed by atoms with E-state index >= 15 is 0 Å². The van der Waals surface area contributed by atoms with Gasteiger partial charge in [0, 0.05) is 33.4 Å². The number of carbonyl (C=O) groups is 3. The third-order valence-electron chi connectivity index (χ3n) is 3.83. The fraction of sp³-hybridized carbons (Fsp3) is 0.583. The van der Waals surface area contributed by atoms with Gasteiger partial charge in [0.2, 0.25) is 0 Å². The van der Waals surface area contributed by atoms with Crippen LogP contribution in [0.2, 0.25) is 0 Å². The third-order valence-corrected chi connectivity index (χ3v) is 3.83. The number of fused-ring (bicyclic) bond motifs is 2. The van der Waals surface area contributed by atoms with Crippen LogP contribution in [0.4, 0.5) is 0 Å². The molecule has 0 aromatic rings. The number of hydrogen-bond donors (Lipinski definition) is 1. The van der Waals surface area contributed by atoms with E-state index in [1.54, 1.807) is 6.08 Å². The summed E-state index contributed by atoms with van der Waals surface area (Å²) < 4.78 is 0. The van der Waals surface area contributed by atoms with Gasteiger partial charge in [-0.25, -0.2) is 0 Å². The first kappa shape index (κ1) is 15.1. The van der Waals surface area contributed by atoms with Crippen LogP contribution >= 0.6 is 0 Å². The zero-order chi connectivity index (χ0) is 12.7. The Morgan fingerprint density at radius 2 is 2.00 bits per heavy atom. The van der Waals surface area contributed by atoms with Gasteiger partial charge in [0.1, 0.15) is 5.78 Å². The van der Waals surface area contributed by atoms with Crippen LogP contribution in [0.5, 0.6) is 0 Å². The van der Waals surface area contributed by atoms with Gasteiger partial charge in [0.25, 0.3) is 0 Å². The molecule has 2 rings (SSSR count). The average molecular weight is 420 g/mol. The Hall–Kier alpha value is -0.962. The van der Waals surface area contributed by atoms with Crippen molar-refractivity contribution in [2.45, 2.75) is 19.8 Å². The van der Waals surface area contributed by atoms with Crippen LogP contribution in [0.15, 0.2) is 11.6 Å². The number of rotatable bonds is 4. The summed E-state index contributed by atoms with van der Waals surface area (Å²) in [6, 6.07) is 0. The normalized spacial score (nSPS) is 32.6. The van der Waals surface area contributed by atoms with Gasteiger partial charge in [-0.15, -0.1) is 0 Å². The number of carboxylic acids is 1. The van der Waals surface area contributed by atoms with E-state index in [-0.39, 0.29) is 45.1 Å². The molecule has 1 saturated carbocycles. The maximum absolute atomic E-state index is 11.6. The van der Waals surface area contributed by atoms with Crippen LogP contribution in [0, 0.1) is 23.7 Å². The van der Waals surface area contributed by atoms with E-state index in [4.69, 9.17) is 10.8 Å². The van der Waals surface area contributed by atoms with Crippen molar-refractivity contribution in [3.8, 4) is 0 Å². The molecule has 5 nitrogen and oxygen atoms in total. The molecule has 2 N–H and O–H groups in total. The second-order valence-electron chi connectivity index (χ2n) is 4.85. The molecule has 2 aliphatic carbocycles. The van der Waals surface area contributed by atoms with Crippen molar-refractivity contribution in [3.63, 3.8) is 0 Å². The summed E-state index contributed by atoms with van der Waals surface area (Å²) >= 11 is 0. The molecule has 2 aliphatic rings. The van der Waals surface area contributed by atoms with Crippen LogP contribution in [0.3, 0.4) is 0 Å². The number of carbonyl (C=O) groups excluding carboxylic acids is 2. The maximum atomic E-state index is 11.6. The molecule has 0 aromatic heterocycles. The molecule has 18 heavy (non-hydrogen) atoms. The van der Waals surface area contributed by atoms with Gasteiger partial charge >= 0.3 is 5.97 Å². The molecular formula is C12H14NO4W-. The van der Waals surface area contributed by atoms with Crippen molar-refractivity contribution in [1.29, 1.82) is 0 Å². The Labute approximate surface area is 119 Å². The van der Waals surface area contributed by atoms with Gasteiger partial charge in [0.15, 0.2) is 0 Å². The molecule has 0 aliphatic heterocycles. The van der Waals surface area contributed by atoms with Crippen molar-refractivity contribution < 1.29 is 40.6 Å². The molecule has 0 aromatic carbocycles. The standard InChI is InChI=1S/C12H15NO4.W/c1-5(14)10-8-3-7(11(10)12(16)17)2-6(8)4-9(13)15;/h2,7-8,10-11H,3-4H2,1H3,(H3,13,15,16,17);/p-1. The second-order valence-corrected chi connectivity index (χ2v) is 4.85. The minimum absolute atomic E-state index is 0. The zero-order valence-electron chi connectivity index (χ0n) is 9.88. The number of hydrogen-bond acceptors (Lipinski definition) is 3. The molecule has 98 valence electrons. The summed E-state index contributed by atoms with van der Waals surface area (Å²) in [4.78, 5) is 33.5. The van der Waals surface area contributed by atoms with Gasteiger partial charge in [-0.2, -0.15) is 0 Å². The van der Waals surface area contributed by atoms with Crippen molar-refractivity contribution in [1.82, 2.24) is 0 Å². The van der Waals surface area contributed by atoms with E-state index in [0.29, 0.717) is 6.42 Å². The topological polar surface area (TPSA) is 95.2 Å². The molecule has 1 amide bonds. The van der Waals surface area contributed by atoms with Crippen LogP contribution in [-0.4, -0.2) is 22.8 Å². The first-order chi connectivity index (χ1) is 7.91. The number of allylic oxidation sites excluding steroid dienone is 1. The van der Waals surface area contributed by atoms with Crippen LogP contribution in [0.1, 0.15) is 19.8 Å². The van der Waals surface area contributed by atoms with Gasteiger partial charge in [-0.05, 0) is 25.2 Å². The maximum Gasteiger partial charge on any atom is 0.307 e. The Bertz CT molecular complexity index is 432. The van der Waals surface area contributed by atoms with Crippen LogP contribution in [-0.2, 0) is 35.4 Å². The second kappa shape index (κ2) is 5.35. The number of nitrogens with one attached hydrogen (secondary N) is 1. The molecule has 0 spiro atoms. The summed E-state index contributed by atoms with van der Waals surface area (Å²) in [5.41, 5.74) is 7.73. The summed E-state index contributed by atoms with van der Waals surface area (Å²) in [5.74, 6) is -3.22. The molecule has 4 atom stereocenters. The van der Waals surface area contributed by atoms with Crippen molar-refractivity contribution >= 4 is 17.7 Å². The van der Waals surface area contributed by atoms with Gasteiger partial charge in [0.05, 0.1) is 11.8 Å². The number of ketones is 1. The summed E-state index contributed by atoms with van der Waals surface area (Å²) in [5, 5.41) is 9.14. The van der Waals surface area contributed by atoms with Crippen molar-refractivity contribution in [2.24, 2.45) is 23.7 Å². The van der Waals surface area contributed by atoms with E-state index in [1.165, 1.54) is 6.92 Å². The molecule has 6 heteroatoms. The molecular weight excluding hydrogens is 406 g/mol. The van der Waals surface area contributed by atoms with Crippen LogP contribution < -0.4 is 0 Å². The number of carboxylic acid groups (broad SMARTS) is 1. The molecule has 0 radical (unpaired) electrons. The SMILES string of the molecule is CC(=O)C1C2CC(C=C2CC([NH-])=O)C1C(=O)O.[W]. The molecule has 1 fully saturated rings. The zero-order valence-corrected chi connectivity index (χ0v) is 12.8. The van der Waals surface area contributed by atoms with Gasteiger partial charge in [-0.1, -0.05) is 11.6 Å². The average Bonchev–Trinajstić information content (AvgIpc) is 2.71. The molecule has 0 heterocycles. The number of aliphatic carboxylic acids is 1. The first-order valence-corrected chi connectivity index (χ1v) is 5.60. The summed E-state index contributed by atoms with van der Waals surface area (Å²) in [6.45, 7) is 1.40. The number of Topliss-reactive ketones (excluding diaryl/α,β-unsaturated/α-hetero) is 1. The third kappa shape index (κ3) is 2.41. The van der Waals surface area contributed by atoms with E-state index in [2.05, 4.69) is 0 Å². The van der Waals surface area contributed by atoms with Crippen molar-refractivity contribution in [2.75, 3.05) is 0 Å². The smallest absolute Gasteiger partial charge is 0.307 e. The predicted octanol–water partition coefficient (Wildman–Crippen LogP) is 1.43. The van der Waals surface area contributed by atoms with Gasteiger partial charge < -0.3 is 15.6 Å². The van der Waals surface area contributed by atoms with Crippen molar-refractivity contribution in [3.05, 3.63) is 17.4 Å². The number of amides is 1. The van der Waals surface area contributed by atoms with E-state index in [1.807, 2.05) is 0 Å². The Kier molecular flexibility index (Phi) is 4.49. The Morgan fingerprint density at radius 1 is 1.39 bits per heavy atom. The Morgan fingerprint density at radius 3 is 2.44 bits per heavy atom. The summed E-state index contributed by atoms with van der Waals surface area (Å²) in [6.07, 6.45) is 2.44. The predicted molar refractivity (Wildman–Crippen MR) is 58.9 cm³/mol. The minimum atomic E-state index is -0.940. The molecule has 2 bridgehead atoms. The molecule has 0 saturated heterocycles. The quantitative estimate of drug-likeness (QED) is 0.697. The fourth-order valence-corrected chi connectivity index (χ4v) is 3.30. The van der Waals surface area contributed by atoms with E-state index in [9.17, 15) is 14.4 Å². The van der Waals surface area contributed by atoms with E-state index in [0.717, 1.165) is 5.57 Å². The Balaban J connectivity index is 0.00000162. The largest absolute Gasteiger partial charge is 0.667 e. The van der Waals surface area contributed by atoms with Gasteiger partial charge in [-0.3, -0.25) is 9.59 Å². The van der Waals surface area contributed by atoms with E-state index < -0.39 is 23.7 Å². The monoisotopic (exact) mass is 420 g/mol. The summed E-state index contributed by atoms with van der Waals surface area (Å²) in [7, 11) is 0. The first-order valence-electron chi connectivity index (χ1n) is 5.60. The molecule has 4 unspecified atom stereocenters. The fourth-order valence-electron chi connectivity index (χ4n) is 3.30. The minimum Gasteiger partial charge on any atom is -0.667 e. The van der Waals surface area contributed by atoms with Crippen LogP contribution in [0.25, 0.3) is 5.73 Å².